The van der Waals surface area contributed by atoms with E-state index in [0.717, 1.165) is 0 Å². The fourth-order valence-corrected chi connectivity index (χ4v) is 1.56. The molecule has 0 radical (unpaired) electrons. The summed E-state index contributed by atoms with van der Waals surface area (Å²) in [4.78, 5) is 34.2. The first-order valence-electron chi connectivity index (χ1n) is 6.88. The third-order valence-corrected chi connectivity index (χ3v) is 2.44. The second-order valence-electron chi connectivity index (χ2n) is 5.68. The molecule has 0 aliphatic heterocycles. The number of carbonyl (C=O) groups is 3. The Hall–Kier alpha value is -1.63. The molecule has 0 saturated heterocycles. The number of hydrogen-bond donors (Lipinski definition) is 2. The second kappa shape index (κ2) is 9.33. The van der Waals surface area contributed by atoms with E-state index in [-0.39, 0.29) is 25.2 Å². The minimum atomic E-state index is -1.17. The van der Waals surface area contributed by atoms with Crippen molar-refractivity contribution < 1.29 is 29.0 Å². The average molecular weight is 303 g/mol. The molecule has 7 heteroatoms. The number of esters is 1. The van der Waals surface area contributed by atoms with Gasteiger partial charge in [0.25, 0.3) is 0 Å². The lowest BCUT2D eigenvalue weighted by atomic mass is 10.1. The van der Waals surface area contributed by atoms with Crippen LogP contribution >= 0.6 is 0 Å². The Balaban J connectivity index is 4.22. The van der Waals surface area contributed by atoms with Crippen LogP contribution in [-0.2, 0) is 23.9 Å². The molecule has 21 heavy (non-hydrogen) atoms. The molecule has 2 N–H and O–H groups in total. The zero-order valence-electron chi connectivity index (χ0n) is 13.1. The highest BCUT2D eigenvalue weighted by molar-refractivity contribution is 5.84. The SMILES string of the molecule is COCCCC(=O)N[C@H](CCC(=O)OC(C)(C)C)C(=O)O. The van der Waals surface area contributed by atoms with Gasteiger partial charge in [0.2, 0.25) is 5.91 Å². The van der Waals surface area contributed by atoms with Crippen molar-refractivity contribution in [2.24, 2.45) is 0 Å². The van der Waals surface area contributed by atoms with Gasteiger partial charge in [-0.2, -0.15) is 0 Å². The number of rotatable bonds is 9. The number of methoxy groups -OCH3 is 1. The van der Waals surface area contributed by atoms with E-state index in [1.165, 1.54) is 7.11 Å². The molecule has 0 heterocycles. The van der Waals surface area contributed by atoms with Crippen LogP contribution in [0.15, 0.2) is 0 Å². The van der Waals surface area contributed by atoms with Crippen LogP contribution in [0.1, 0.15) is 46.5 Å². The van der Waals surface area contributed by atoms with Crippen molar-refractivity contribution in [3.8, 4) is 0 Å². The lowest BCUT2D eigenvalue weighted by molar-refractivity contribution is -0.155. The average Bonchev–Trinajstić information content (AvgIpc) is 2.32. The molecule has 0 aromatic rings. The predicted octanol–water partition coefficient (Wildman–Crippen LogP) is 1.10. The molecule has 0 spiro atoms. The number of carbonyl (C=O) groups excluding carboxylic acids is 2. The van der Waals surface area contributed by atoms with Crippen molar-refractivity contribution >= 4 is 17.8 Å². The smallest absolute Gasteiger partial charge is 0.326 e. The number of ether oxygens (including phenoxy) is 2. The third kappa shape index (κ3) is 10.8. The first-order valence-corrected chi connectivity index (χ1v) is 6.88. The van der Waals surface area contributed by atoms with Crippen molar-refractivity contribution in [2.75, 3.05) is 13.7 Å². The van der Waals surface area contributed by atoms with Crippen LogP contribution in [0.5, 0.6) is 0 Å². The van der Waals surface area contributed by atoms with E-state index in [0.29, 0.717) is 13.0 Å². The molecule has 0 aliphatic carbocycles. The molecule has 1 atom stereocenters. The Kier molecular flexibility index (Phi) is 8.61. The Labute approximate surface area is 125 Å². The number of hydrogen-bond acceptors (Lipinski definition) is 5. The quantitative estimate of drug-likeness (QED) is 0.488. The van der Waals surface area contributed by atoms with E-state index in [4.69, 9.17) is 14.6 Å². The van der Waals surface area contributed by atoms with Gasteiger partial charge >= 0.3 is 11.9 Å². The summed E-state index contributed by atoms with van der Waals surface area (Å²) in [5.41, 5.74) is -0.612. The fourth-order valence-electron chi connectivity index (χ4n) is 1.56. The lowest BCUT2D eigenvalue weighted by Crippen LogP contribution is -2.41. The Bertz CT molecular complexity index is 361. The van der Waals surface area contributed by atoms with Crippen molar-refractivity contribution in [1.29, 1.82) is 0 Å². The Morgan fingerprint density at radius 1 is 1.19 bits per heavy atom. The maximum atomic E-state index is 11.6. The van der Waals surface area contributed by atoms with Gasteiger partial charge in [0, 0.05) is 26.6 Å². The van der Waals surface area contributed by atoms with Crippen LogP contribution in [0, 0.1) is 0 Å². The largest absolute Gasteiger partial charge is 0.480 e. The zero-order valence-corrected chi connectivity index (χ0v) is 13.1. The van der Waals surface area contributed by atoms with Gasteiger partial charge in [0.05, 0.1) is 0 Å². The van der Waals surface area contributed by atoms with Gasteiger partial charge in [0.1, 0.15) is 11.6 Å². The van der Waals surface area contributed by atoms with E-state index in [2.05, 4.69) is 5.32 Å². The van der Waals surface area contributed by atoms with Gasteiger partial charge < -0.3 is 19.9 Å². The molecule has 122 valence electrons. The van der Waals surface area contributed by atoms with Crippen LogP contribution in [0.2, 0.25) is 0 Å². The van der Waals surface area contributed by atoms with Crippen LogP contribution in [0.4, 0.5) is 0 Å². The third-order valence-electron chi connectivity index (χ3n) is 2.44. The summed E-state index contributed by atoms with van der Waals surface area (Å²) in [6.07, 6.45) is 0.637. The summed E-state index contributed by atoms with van der Waals surface area (Å²) in [5, 5.41) is 11.4. The van der Waals surface area contributed by atoms with E-state index in [9.17, 15) is 14.4 Å². The van der Waals surface area contributed by atoms with E-state index < -0.39 is 23.6 Å². The molecular weight excluding hydrogens is 278 g/mol. The second-order valence-corrected chi connectivity index (χ2v) is 5.68. The normalized spacial score (nSPS) is 12.6. The molecule has 0 bridgehead atoms. The molecule has 0 rings (SSSR count). The van der Waals surface area contributed by atoms with Crippen LogP contribution in [0.25, 0.3) is 0 Å². The summed E-state index contributed by atoms with van der Waals surface area (Å²) >= 11 is 0. The first kappa shape index (κ1) is 19.4. The van der Waals surface area contributed by atoms with Crippen molar-refractivity contribution in [1.82, 2.24) is 5.32 Å². The topological polar surface area (TPSA) is 102 Å². The van der Waals surface area contributed by atoms with Crippen molar-refractivity contribution in [3.63, 3.8) is 0 Å². The van der Waals surface area contributed by atoms with Gasteiger partial charge in [-0.05, 0) is 33.6 Å². The highest BCUT2D eigenvalue weighted by Gasteiger charge is 2.23. The lowest BCUT2D eigenvalue weighted by Gasteiger charge is -2.20. The number of amides is 1. The maximum Gasteiger partial charge on any atom is 0.326 e. The van der Waals surface area contributed by atoms with E-state index >= 15 is 0 Å². The predicted molar refractivity (Wildman–Crippen MR) is 75.8 cm³/mol. The summed E-state index contributed by atoms with van der Waals surface area (Å²) in [6, 6.07) is -1.09. The van der Waals surface area contributed by atoms with Gasteiger partial charge in [-0.25, -0.2) is 4.79 Å². The highest BCUT2D eigenvalue weighted by Crippen LogP contribution is 2.10. The molecule has 0 fully saturated rings. The summed E-state index contributed by atoms with van der Waals surface area (Å²) in [6.45, 7) is 5.63. The number of carboxylic acid groups (broad SMARTS) is 1. The van der Waals surface area contributed by atoms with Crippen LogP contribution < -0.4 is 5.32 Å². The molecular formula is C14H25NO6. The maximum absolute atomic E-state index is 11.6. The number of nitrogens with one attached hydrogen (secondary N) is 1. The fraction of sp³-hybridized carbons (Fsp3) is 0.786. The van der Waals surface area contributed by atoms with E-state index in [1.54, 1.807) is 20.8 Å². The van der Waals surface area contributed by atoms with Gasteiger partial charge in [-0.3, -0.25) is 9.59 Å². The minimum absolute atomic E-state index is 0.000262. The van der Waals surface area contributed by atoms with Crippen LogP contribution in [-0.4, -0.2) is 48.3 Å². The highest BCUT2D eigenvalue weighted by atomic mass is 16.6. The Morgan fingerprint density at radius 2 is 1.81 bits per heavy atom. The number of aliphatic carboxylic acids is 1. The molecule has 7 nitrogen and oxygen atoms in total. The minimum Gasteiger partial charge on any atom is -0.480 e. The molecule has 0 saturated carbocycles. The zero-order chi connectivity index (χ0) is 16.5. The molecule has 0 aliphatic rings. The van der Waals surface area contributed by atoms with Crippen molar-refractivity contribution in [3.05, 3.63) is 0 Å². The van der Waals surface area contributed by atoms with E-state index in [1.807, 2.05) is 0 Å². The molecule has 0 aromatic heterocycles. The summed E-state index contributed by atoms with van der Waals surface area (Å²) < 4.78 is 9.90. The standard InChI is InChI=1S/C14H25NO6/c1-14(2,3)21-12(17)8-7-10(13(18)19)15-11(16)6-5-9-20-4/h10H,5-9H2,1-4H3,(H,15,16)(H,18,19)/t10-/m1/s1. The van der Waals surface area contributed by atoms with Gasteiger partial charge in [-0.15, -0.1) is 0 Å². The summed E-state index contributed by atoms with van der Waals surface area (Å²) in [5.74, 6) is -2.02. The summed E-state index contributed by atoms with van der Waals surface area (Å²) in [7, 11) is 1.53. The molecule has 1 amide bonds. The van der Waals surface area contributed by atoms with Crippen molar-refractivity contribution in [2.45, 2.75) is 58.1 Å². The monoisotopic (exact) mass is 303 g/mol. The number of carboxylic acids is 1. The first-order chi connectivity index (χ1) is 9.65. The molecule has 0 aromatic carbocycles. The van der Waals surface area contributed by atoms with Gasteiger partial charge in [0.15, 0.2) is 0 Å². The Morgan fingerprint density at radius 3 is 2.29 bits per heavy atom. The molecule has 0 unspecified atom stereocenters. The van der Waals surface area contributed by atoms with Crippen LogP contribution in [0.3, 0.4) is 0 Å². The van der Waals surface area contributed by atoms with Gasteiger partial charge in [-0.1, -0.05) is 0 Å².